The zero-order chi connectivity index (χ0) is 19.0. The van der Waals surface area contributed by atoms with E-state index in [4.69, 9.17) is 4.74 Å². The molecule has 4 heteroatoms. The predicted molar refractivity (Wildman–Crippen MR) is 99.2 cm³/mol. The zero-order valence-corrected chi connectivity index (χ0v) is 16.2. The van der Waals surface area contributed by atoms with Gasteiger partial charge in [0, 0.05) is 29.6 Å². The maximum absolute atomic E-state index is 12.0. The number of carbonyl (C=O) groups excluding carboxylic acids is 2. The van der Waals surface area contributed by atoms with Crippen LogP contribution in [-0.2, 0) is 14.3 Å². The monoisotopic (exact) mass is 365 g/mol. The number of esters is 1. The van der Waals surface area contributed by atoms with E-state index in [1.54, 1.807) is 0 Å². The van der Waals surface area contributed by atoms with Gasteiger partial charge in [-0.2, -0.15) is 5.26 Å². The van der Waals surface area contributed by atoms with Gasteiger partial charge in [0.05, 0.1) is 12.0 Å². The molecular formula is C23H27NO3. The molecule has 1 aliphatic heterocycles. The first-order valence-electron chi connectivity index (χ1n) is 10.4. The van der Waals surface area contributed by atoms with E-state index in [0.717, 1.165) is 37.7 Å². The second-order valence-corrected chi connectivity index (χ2v) is 9.83. The van der Waals surface area contributed by atoms with Crippen LogP contribution in [-0.4, -0.2) is 17.4 Å². The number of nitriles is 1. The van der Waals surface area contributed by atoms with Crippen LogP contribution in [0.25, 0.3) is 0 Å². The van der Waals surface area contributed by atoms with Crippen molar-refractivity contribution in [1.29, 1.82) is 5.26 Å². The van der Waals surface area contributed by atoms with E-state index in [9.17, 15) is 14.9 Å². The van der Waals surface area contributed by atoms with E-state index < -0.39 is 0 Å². The lowest BCUT2D eigenvalue weighted by atomic mass is 9.48. The third kappa shape index (κ3) is 2.03. The van der Waals surface area contributed by atoms with Gasteiger partial charge >= 0.3 is 5.97 Å². The number of nitrogens with zero attached hydrogens (tertiary/aromatic N) is 1. The molecule has 0 amide bonds. The molecule has 5 rings (SSSR count). The first-order chi connectivity index (χ1) is 12.8. The molecule has 4 aliphatic carbocycles. The third-order valence-electron chi connectivity index (χ3n) is 8.89. The summed E-state index contributed by atoms with van der Waals surface area (Å²) in [7, 11) is 0. The van der Waals surface area contributed by atoms with E-state index in [0.29, 0.717) is 25.2 Å². The molecule has 142 valence electrons. The molecule has 3 unspecified atom stereocenters. The minimum Gasteiger partial charge on any atom is -0.458 e. The molecule has 0 N–H and O–H groups in total. The Bertz CT molecular complexity index is 848. The van der Waals surface area contributed by atoms with Crippen LogP contribution in [0.3, 0.4) is 0 Å². The third-order valence-corrected chi connectivity index (χ3v) is 8.89. The molecule has 5 aliphatic rings. The number of ketones is 1. The Hall–Kier alpha value is -1.89. The second-order valence-electron chi connectivity index (χ2n) is 9.83. The molecule has 2 saturated carbocycles. The molecule has 6 atom stereocenters. The Morgan fingerprint density at radius 3 is 2.70 bits per heavy atom. The Morgan fingerprint density at radius 2 is 2.00 bits per heavy atom. The van der Waals surface area contributed by atoms with Crippen molar-refractivity contribution in [3.8, 4) is 6.07 Å². The Morgan fingerprint density at radius 1 is 1.19 bits per heavy atom. The van der Waals surface area contributed by atoms with Crippen LogP contribution in [0.4, 0.5) is 0 Å². The molecule has 0 radical (unpaired) electrons. The van der Waals surface area contributed by atoms with E-state index >= 15 is 0 Å². The van der Waals surface area contributed by atoms with Crippen molar-refractivity contribution in [2.24, 2.45) is 28.6 Å². The summed E-state index contributed by atoms with van der Waals surface area (Å²) in [4.78, 5) is 24.0. The Labute approximate surface area is 160 Å². The number of carbonyl (C=O) groups is 2. The quantitative estimate of drug-likeness (QED) is 0.475. The molecule has 0 aromatic heterocycles. The number of hydrogen-bond acceptors (Lipinski definition) is 4. The smallest absolute Gasteiger partial charge is 0.306 e. The zero-order valence-electron chi connectivity index (χ0n) is 16.2. The van der Waals surface area contributed by atoms with Crippen molar-refractivity contribution in [3.05, 3.63) is 23.3 Å². The van der Waals surface area contributed by atoms with Crippen molar-refractivity contribution in [1.82, 2.24) is 0 Å². The Kier molecular flexibility index (Phi) is 3.41. The summed E-state index contributed by atoms with van der Waals surface area (Å²) in [5.74, 6) is 0.664. The fraction of sp³-hybridized carbons (Fsp3) is 0.696. The van der Waals surface area contributed by atoms with E-state index in [2.05, 4.69) is 26.0 Å². The van der Waals surface area contributed by atoms with Gasteiger partial charge in [0.2, 0.25) is 0 Å². The van der Waals surface area contributed by atoms with Gasteiger partial charge in [0.15, 0.2) is 5.78 Å². The SMILES string of the molecule is CC12CC=C3C(C1CC[C@@]21CCC(=O)O1)[C@H](C#N)CC1=CC(=O)CC[C@@]13C. The van der Waals surface area contributed by atoms with Crippen molar-refractivity contribution in [3.63, 3.8) is 0 Å². The van der Waals surface area contributed by atoms with Crippen molar-refractivity contribution in [2.45, 2.75) is 70.8 Å². The fourth-order valence-electron chi connectivity index (χ4n) is 7.27. The molecule has 1 saturated heterocycles. The van der Waals surface area contributed by atoms with Gasteiger partial charge in [0.1, 0.15) is 5.60 Å². The molecule has 3 fully saturated rings. The summed E-state index contributed by atoms with van der Waals surface area (Å²) in [6.07, 6.45) is 10.6. The first kappa shape index (κ1) is 17.2. The first-order valence-corrected chi connectivity index (χ1v) is 10.4. The highest BCUT2D eigenvalue weighted by Gasteiger charge is 2.66. The van der Waals surface area contributed by atoms with E-state index in [-0.39, 0.29) is 40.0 Å². The van der Waals surface area contributed by atoms with Crippen LogP contribution in [0.2, 0.25) is 0 Å². The molecule has 0 bridgehead atoms. The number of allylic oxidation sites excluding steroid dienone is 4. The van der Waals surface area contributed by atoms with Crippen molar-refractivity contribution < 1.29 is 14.3 Å². The van der Waals surface area contributed by atoms with Gasteiger partial charge in [-0.15, -0.1) is 0 Å². The molecule has 0 aromatic rings. The average molecular weight is 365 g/mol. The minimum absolute atomic E-state index is 0.0601. The van der Waals surface area contributed by atoms with Gasteiger partial charge in [0.25, 0.3) is 0 Å². The van der Waals surface area contributed by atoms with Crippen molar-refractivity contribution in [2.75, 3.05) is 0 Å². The Balaban J connectivity index is 1.62. The number of ether oxygens (including phenoxy) is 1. The summed E-state index contributed by atoms with van der Waals surface area (Å²) in [5, 5.41) is 10.00. The maximum atomic E-state index is 12.0. The van der Waals surface area contributed by atoms with Gasteiger partial charge in [-0.25, -0.2) is 0 Å². The van der Waals surface area contributed by atoms with Gasteiger partial charge in [-0.3, -0.25) is 9.59 Å². The highest BCUT2D eigenvalue weighted by molar-refractivity contribution is 5.92. The van der Waals surface area contributed by atoms with Crippen LogP contribution in [0.15, 0.2) is 23.3 Å². The van der Waals surface area contributed by atoms with Crippen LogP contribution >= 0.6 is 0 Å². The standard InChI is InChI=1S/C23H27NO3/c1-21-7-3-16(25)12-15(21)11-14(13-24)20-17(21)4-8-22(2)18(20)5-9-23(22)10-6-19(26)27-23/h4,12,14,18,20H,3,5-11H2,1-2H3/t14-,18?,20?,21-,22?,23+/m0/s1. The molecular weight excluding hydrogens is 338 g/mol. The predicted octanol–water partition coefficient (Wildman–Crippen LogP) is 4.26. The van der Waals surface area contributed by atoms with E-state index in [1.165, 1.54) is 5.57 Å². The lowest BCUT2D eigenvalue weighted by molar-refractivity contribution is -0.160. The van der Waals surface area contributed by atoms with Crippen LogP contribution < -0.4 is 0 Å². The number of fused-ring (bicyclic) bond motifs is 6. The largest absolute Gasteiger partial charge is 0.458 e. The molecule has 4 nitrogen and oxygen atoms in total. The van der Waals surface area contributed by atoms with E-state index in [1.807, 2.05) is 6.08 Å². The molecule has 1 heterocycles. The van der Waals surface area contributed by atoms with Crippen LogP contribution in [0.1, 0.15) is 65.2 Å². The van der Waals surface area contributed by atoms with Crippen LogP contribution in [0.5, 0.6) is 0 Å². The number of rotatable bonds is 0. The normalized spacial score (nSPS) is 48.1. The summed E-state index contributed by atoms with van der Waals surface area (Å²) in [6, 6.07) is 2.59. The molecule has 27 heavy (non-hydrogen) atoms. The summed E-state index contributed by atoms with van der Waals surface area (Å²) < 4.78 is 5.97. The lowest BCUT2D eigenvalue weighted by Crippen LogP contribution is -2.52. The molecule has 0 aromatic carbocycles. The second kappa shape index (κ2) is 5.34. The highest BCUT2D eigenvalue weighted by atomic mass is 16.6. The average Bonchev–Trinajstić information content (AvgIpc) is 3.16. The van der Waals surface area contributed by atoms with Crippen molar-refractivity contribution >= 4 is 11.8 Å². The van der Waals surface area contributed by atoms with Gasteiger partial charge in [-0.1, -0.05) is 31.1 Å². The van der Waals surface area contributed by atoms with Gasteiger partial charge < -0.3 is 4.74 Å². The summed E-state index contributed by atoms with van der Waals surface area (Å²) in [6.45, 7) is 4.57. The molecule has 1 spiro atoms. The summed E-state index contributed by atoms with van der Waals surface area (Å²) in [5.41, 5.74) is 2.07. The van der Waals surface area contributed by atoms with Crippen LogP contribution in [0, 0.1) is 39.9 Å². The van der Waals surface area contributed by atoms with Gasteiger partial charge in [-0.05, 0) is 50.5 Å². The summed E-state index contributed by atoms with van der Waals surface area (Å²) >= 11 is 0. The maximum Gasteiger partial charge on any atom is 0.306 e. The number of hydrogen-bond donors (Lipinski definition) is 0. The fourth-order valence-corrected chi connectivity index (χ4v) is 7.27. The minimum atomic E-state index is -0.337. The highest BCUT2D eigenvalue weighted by Crippen LogP contribution is 2.68. The topological polar surface area (TPSA) is 67.2 Å². The lowest BCUT2D eigenvalue weighted by Gasteiger charge is -2.56.